The summed E-state index contributed by atoms with van der Waals surface area (Å²) in [5.41, 5.74) is 0.627. The fourth-order valence-electron chi connectivity index (χ4n) is 6.41. The molecule has 0 saturated heterocycles. The highest BCUT2D eigenvalue weighted by molar-refractivity contribution is 8.45. The number of nitrogens with one attached hydrogen (secondary N) is 2. The summed E-state index contributed by atoms with van der Waals surface area (Å²) in [4.78, 5) is 44.0. The lowest BCUT2D eigenvalue weighted by atomic mass is 9.87. The van der Waals surface area contributed by atoms with E-state index in [0.717, 1.165) is 30.5 Å². The summed E-state index contributed by atoms with van der Waals surface area (Å²) >= 11 is 0. The first-order valence-electron chi connectivity index (χ1n) is 15.8. The summed E-state index contributed by atoms with van der Waals surface area (Å²) in [5, 5.41) is 9.94. The molecule has 2 N–H and O–H groups in total. The normalized spacial score (nSPS) is 18.5. The van der Waals surface area contributed by atoms with Crippen LogP contribution in [0.15, 0.2) is 70.5 Å². The van der Waals surface area contributed by atoms with Gasteiger partial charge in [-0.1, -0.05) is 43.7 Å². The number of fused-ring (bicyclic) bond motifs is 2. The van der Waals surface area contributed by atoms with Crippen LogP contribution in [0, 0.1) is 0 Å². The lowest BCUT2D eigenvalue weighted by Crippen LogP contribution is -2.42. The van der Waals surface area contributed by atoms with E-state index in [0.29, 0.717) is 59.1 Å². The molecule has 4 aromatic rings. The summed E-state index contributed by atoms with van der Waals surface area (Å²) in [6.45, 7) is 4.96. The molecule has 2 amide bonds. The Morgan fingerprint density at radius 1 is 1.04 bits per heavy atom. The highest BCUT2D eigenvalue weighted by Crippen LogP contribution is 3.02. The van der Waals surface area contributed by atoms with Crippen molar-refractivity contribution in [2.75, 3.05) is 0 Å². The van der Waals surface area contributed by atoms with Crippen molar-refractivity contribution in [3.05, 3.63) is 99.2 Å². The molecule has 262 valence electrons. The molecule has 1 saturated carbocycles. The molecule has 0 bridgehead atoms. The molecule has 2 aromatic heterocycles. The average Bonchev–Trinajstić information content (AvgIpc) is 3.83. The number of benzene rings is 2. The number of hydrogen-bond acceptors (Lipinski definition) is 6. The first-order chi connectivity index (χ1) is 22.7. The molecule has 9 nitrogen and oxygen atoms in total. The van der Waals surface area contributed by atoms with Gasteiger partial charge in [0.2, 0.25) is 5.91 Å². The Kier molecular flexibility index (Phi) is 7.89. The minimum absolute atomic E-state index is 0.0712. The molecule has 0 aliphatic heterocycles. The third-order valence-electron chi connectivity index (χ3n) is 8.90. The Labute approximate surface area is 279 Å². The number of ether oxygens (including phenoxy) is 1. The number of pyridine rings is 1. The second-order valence-electron chi connectivity index (χ2n) is 13.7. The molecule has 2 aromatic carbocycles. The number of aromatic amines is 1. The van der Waals surface area contributed by atoms with E-state index in [1.165, 1.54) is 0 Å². The standard InChI is InChI=1S/C34H36F5N5O4S/c1-33(2,3)48-32(47)41-19-27-26-18-23(11-14-25(26)30(45)43-42-27)34(15-16-34)31(46)44(28-8-4-6-22-7-5-17-40-29(22)28)20-21-9-12-24(13-10-21)49(35,36,37,38)39/h5,7,9-14,17-18,28H,4,6,8,15-16,19-20H2,1-3H3,(H,41,47)(H,43,45)/t28-/m1/s1. The fraction of sp³-hybridized carbons (Fsp3) is 0.382. The van der Waals surface area contributed by atoms with Gasteiger partial charge in [0.1, 0.15) is 10.5 Å². The number of aromatic nitrogens is 3. The van der Waals surface area contributed by atoms with Gasteiger partial charge in [0, 0.05) is 18.1 Å². The molecule has 0 spiro atoms. The summed E-state index contributed by atoms with van der Waals surface area (Å²) in [7, 11) is -9.89. The molecule has 0 unspecified atom stereocenters. The average molecular weight is 706 g/mol. The van der Waals surface area contributed by atoms with Crippen LogP contribution < -0.4 is 10.9 Å². The van der Waals surface area contributed by atoms with Crippen LogP contribution in [-0.2, 0) is 34.5 Å². The summed E-state index contributed by atoms with van der Waals surface area (Å²) in [6.07, 6.45) is 3.90. The number of amides is 2. The van der Waals surface area contributed by atoms with E-state index >= 15 is 0 Å². The van der Waals surface area contributed by atoms with E-state index in [2.05, 4.69) is 20.5 Å². The van der Waals surface area contributed by atoms with Crippen LogP contribution in [0.4, 0.5) is 24.2 Å². The summed E-state index contributed by atoms with van der Waals surface area (Å²) in [6, 6.07) is 10.9. The van der Waals surface area contributed by atoms with Crippen LogP contribution in [0.3, 0.4) is 0 Å². The molecule has 49 heavy (non-hydrogen) atoms. The largest absolute Gasteiger partial charge is 0.444 e. The highest BCUT2D eigenvalue weighted by atomic mass is 32.5. The zero-order valence-corrected chi connectivity index (χ0v) is 27.9. The van der Waals surface area contributed by atoms with Crippen molar-refractivity contribution >= 4 is 33.0 Å². The molecule has 2 aliphatic rings. The molecule has 2 aliphatic carbocycles. The van der Waals surface area contributed by atoms with Gasteiger partial charge in [0.25, 0.3) is 5.56 Å². The number of halogens is 5. The predicted octanol–water partition coefficient (Wildman–Crippen LogP) is 8.14. The zero-order chi connectivity index (χ0) is 35.5. The van der Waals surface area contributed by atoms with Crippen molar-refractivity contribution in [2.45, 2.75) is 87.9 Å². The number of hydrogen-bond donors (Lipinski definition) is 2. The second-order valence-corrected chi connectivity index (χ2v) is 16.1. The van der Waals surface area contributed by atoms with Crippen LogP contribution >= 0.6 is 10.2 Å². The Morgan fingerprint density at radius 3 is 2.41 bits per heavy atom. The lowest BCUT2D eigenvalue weighted by molar-refractivity contribution is -0.137. The Bertz CT molecular complexity index is 2010. The lowest BCUT2D eigenvalue weighted by Gasteiger charge is -2.40. The van der Waals surface area contributed by atoms with Gasteiger partial charge in [-0.2, -0.15) is 5.10 Å². The van der Waals surface area contributed by atoms with Crippen LogP contribution in [0.25, 0.3) is 10.8 Å². The smallest absolute Gasteiger partial charge is 0.407 e. The first kappa shape index (κ1) is 34.3. The third-order valence-corrected chi connectivity index (χ3v) is 10.1. The van der Waals surface area contributed by atoms with Gasteiger partial charge in [-0.15, -0.1) is 0 Å². The van der Waals surface area contributed by atoms with E-state index in [-0.39, 0.29) is 24.6 Å². The molecule has 0 radical (unpaired) electrons. The van der Waals surface area contributed by atoms with Crippen molar-refractivity contribution in [2.24, 2.45) is 0 Å². The Hall–Kier alpha value is -4.53. The van der Waals surface area contributed by atoms with Crippen molar-refractivity contribution in [1.82, 2.24) is 25.4 Å². The number of carbonyl (C=O) groups excluding carboxylic acids is 2. The van der Waals surface area contributed by atoms with Crippen molar-refractivity contribution in [3.8, 4) is 0 Å². The number of aryl methyl sites for hydroxylation is 1. The number of H-pyrrole nitrogens is 1. The molecule has 1 atom stereocenters. The van der Waals surface area contributed by atoms with Gasteiger partial charge in [0.15, 0.2) is 0 Å². The van der Waals surface area contributed by atoms with Crippen LogP contribution in [0.5, 0.6) is 0 Å². The maximum absolute atomic E-state index is 14.8. The fourth-order valence-corrected chi connectivity index (χ4v) is 7.06. The van der Waals surface area contributed by atoms with E-state index in [4.69, 9.17) is 4.74 Å². The highest BCUT2D eigenvalue weighted by Gasteiger charge is 2.65. The maximum atomic E-state index is 14.8. The van der Waals surface area contributed by atoms with Crippen LogP contribution in [0.1, 0.15) is 80.6 Å². The monoisotopic (exact) mass is 705 g/mol. The molecule has 15 heteroatoms. The number of nitrogens with zero attached hydrogens (tertiary/aromatic N) is 3. The second kappa shape index (κ2) is 11.3. The predicted molar refractivity (Wildman–Crippen MR) is 175 cm³/mol. The maximum Gasteiger partial charge on any atom is 0.407 e. The summed E-state index contributed by atoms with van der Waals surface area (Å²) in [5.74, 6) is -0.293. The van der Waals surface area contributed by atoms with Crippen molar-refractivity contribution in [1.29, 1.82) is 0 Å². The van der Waals surface area contributed by atoms with Gasteiger partial charge >= 0.3 is 16.3 Å². The Morgan fingerprint density at radius 2 is 1.76 bits per heavy atom. The third kappa shape index (κ3) is 7.26. The molecule has 2 heterocycles. The summed E-state index contributed by atoms with van der Waals surface area (Å²) < 4.78 is 72.7. The van der Waals surface area contributed by atoms with Gasteiger partial charge in [0.05, 0.1) is 34.8 Å². The van der Waals surface area contributed by atoms with Crippen LogP contribution in [0.2, 0.25) is 0 Å². The van der Waals surface area contributed by atoms with E-state index in [9.17, 15) is 33.8 Å². The minimum Gasteiger partial charge on any atom is -0.444 e. The molecule has 1 fully saturated rings. The van der Waals surface area contributed by atoms with E-state index in [1.54, 1.807) is 56.1 Å². The van der Waals surface area contributed by atoms with Crippen molar-refractivity contribution < 1.29 is 33.8 Å². The number of alkyl carbamates (subject to hydrolysis) is 1. The molecular weight excluding hydrogens is 669 g/mol. The van der Waals surface area contributed by atoms with Gasteiger partial charge in [-0.3, -0.25) is 14.6 Å². The topological polar surface area (TPSA) is 117 Å². The zero-order valence-electron chi connectivity index (χ0n) is 27.1. The van der Waals surface area contributed by atoms with Crippen molar-refractivity contribution in [3.63, 3.8) is 0 Å². The number of rotatable bonds is 8. The first-order valence-corrected chi connectivity index (χ1v) is 17.8. The van der Waals surface area contributed by atoms with Gasteiger partial charge in [-0.25, -0.2) is 9.89 Å². The van der Waals surface area contributed by atoms with E-state index < -0.39 is 43.8 Å². The van der Waals surface area contributed by atoms with Gasteiger partial charge < -0.3 is 15.0 Å². The van der Waals surface area contributed by atoms with E-state index in [1.807, 2.05) is 6.07 Å². The SMILES string of the molecule is CC(C)(C)OC(=O)NCc1n[nH]c(=O)c2ccc(C3(C(=O)N(Cc4ccc(S(F)(F)(F)(F)F)cc4)[C@@H]4CCCc5cccnc54)CC3)cc12. The van der Waals surface area contributed by atoms with Gasteiger partial charge in [-0.05, 0) is 99.9 Å². The number of carbonyl (C=O) groups is 2. The molecular formula is C34H36F5N5O4S. The minimum atomic E-state index is -9.89. The van der Waals surface area contributed by atoms with Crippen LogP contribution in [-0.4, -0.2) is 37.7 Å². The quantitative estimate of drug-likeness (QED) is 0.179. The molecule has 6 rings (SSSR count). The Balaban J connectivity index is 1.37.